The maximum absolute atomic E-state index is 11.4. The minimum absolute atomic E-state index is 0.351. The zero-order chi connectivity index (χ0) is 10.2. The molecule has 1 rings (SSSR count). The van der Waals surface area contributed by atoms with Gasteiger partial charge in [0.15, 0.2) is 0 Å². The van der Waals surface area contributed by atoms with Crippen LogP contribution in [-0.4, -0.2) is 12.3 Å². The quantitative estimate of drug-likeness (QED) is 0.704. The van der Waals surface area contributed by atoms with E-state index in [1.165, 1.54) is 4.88 Å². The molecule has 0 aliphatic rings. The Morgan fingerprint density at radius 3 is 2.86 bits per heavy atom. The summed E-state index contributed by atoms with van der Waals surface area (Å²) in [6.45, 7) is 0.735. The summed E-state index contributed by atoms with van der Waals surface area (Å²) in [6.07, 6.45) is 4.42. The van der Waals surface area contributed by atoms with E-state index < -0.39 is 0 Å². The molecule has 1 aromatic heterocycles. The van der Waals surface area contributed by atoms with E-state index in [4.69, 9.17) is 5.73 Å². The monoisotopic (exact) mass is 211 g/mol. The Hall–Kier alpha value is -0.670. The number of carbonyl (C=O) groups excluding carboxylic acids is 1. The Labute approximate surface area is 89.1 Å². The Bertz CT molecular complexity index is 256. The van der Waals surface area contributed by atoms with E-state index in [2.05, 4.69) is 0 Å². The van der Waals surface area contributed by atoms with Gasteiger partial charge in [-0.15, -0.1) is 11.3 Å². The van der Waals surface area contributed by atoms with E-state index in [1.54, 1.807) is 11.3 Å². The second-order valence-corrected chi connectivity index (χ2v) is 4.43. The van der Waals surface area contributed by atoms with Crippen LogP contribution in [0, 0.1) is 0 Å². The van der Waals surface area contributed by atoms with Crippen molar-refractivity contribution in [2.45, 2.75) is 32.1 Å². The fourth-order valence-corrected chi connectivity index (χ4v) is 2.07. The van der Waals surface area contributed by atoms with Gasteiger partial charge in [-0.1, -0.05) is 12.5 Å². The lowest BCUT2D eigenvalue weighted by Crippen LogP contribution is -2.02. The molecule has 0 radical (unpaired) electrons. The Morgan fingerprint density at radius 1 is 1.36 bits per heavy atom. The lowest BCUT2D eigenvalue weighted by Gasteiger charge is -1.98. The molecule has 2 nitrogen and oxygen atoms in total. The number of nitrogens with two attached hydrogens (primary N) is 1. The molecule has 0 fully saturated rings. The number of thiophene rings is 1. The van der Waals surface area contributed by atoms with E-state index in [0.29, 0.717) is 18.6 Å². The zero-order valence-electron chi connectivity index (χ0n) is 8.37. The van der Waals surface area contributed by atoms with Crippen molar-refractivity contribution in [3.63, 3.8) is 0 Å². The number of rotatable bonds is 7. The number of hydrogen-bond acceptors (Lipinski definition) is 3. The molecule has 0 aliphatic carbocycles. The van der Waals surface area contributed by atoms with Gasteiger partial charge in [0.2, 0.25) is 0 Å². The molecule has 0 saturated carbocycles. The molecule has 0 spiro atoms. The van der Waals surface area contributed by atoms with Crippen LogP contribution in [0.15, 0.2) is 17.5 Å². The summed E-state index contributed by atoms with van der Waals surface area (Å²) in [6, 6.07) is 4.00. The van der Waals surface area contributed by atoms with Crippen molar-refractivity contribution < 1.29 is 4.79 Å². The average Bonchev–Trinajstić information content (AvgIpc) is 2.65. The summed E-state index contributed by atoms with van der Waals surface area (Å²) < 4.78 is 0. The fraction of sp³-hybridized carbons (Fsp3) is 0.545. The highest BCUT2D eigenvalue weighted by atomic mass is 32.1. The van der Waals surface area contributed by atoms with Crippen LogP contribution in [0.1, 0.15) is 30.6 Å². The second-order valence-electron chi connectivity index (χ2n) is 3.39. The van der Waals surface area contributed by atoms with Crippen LogP contribution in [0.4, 0.5) is 0 Å². The average molecular weight is 211 g/mol. The lowest BCUT2D eigenvalue weighted by molar-refractivity contribution is -0.118. The van der Waals surface area contributed by atoms with Crippen LogP contribution < -0.4 is 5.73 Å². The molecule has 0 bridgehead atoms. The van der Waals surface area contributed by atoms with Gasteiger partial charge in [0.05, 0.1) is 0 Å². The molecule has 3 heteroatoms. The number of hydrogen-bond donors (Lipinski definition) is 1. The summed E-state index contributed by atoms with van der Waals surface area (Å²) >= 11 is 1.65. The normalized spacial score (nSPS) is 10.4. The largest absolute Gasteiger partial charge is 0.330 e. The van der Waals surface area contributed by atoms with Crippen LogP contribution in [0.3, 0.4) is 0 Å². The van der Waals surface area contributed by atoms with Gasteiger partial charge in [-0.2, -0.15) is 0 Å². The van der Waals surface area contributed by atoms with Crippen molar-refractivity contribution >= 4 is 17.1 Å². The third-order valence-electron chi connectivity index (χ3n) is 2.11. The van der Waals surface area contributed by atoms with Crippen molar-refractivity contribution in [1.82, 2.24) is 0 Å². The van der Waals surface area contributed by atoms with Gasteiger partial charge in [-0.25, -0.2) is 0 Å². The van der Waals surface area contributed by atoms with Crippen molar-refractivity contribution in [3.8, 4) is 0 Å². The van der Waals surface area contributed by atoms with E-state index in [1.807, 2.05) is 17.5 Å². The summed E-state index contributed by atoms with van der Waals surface area (Å²) in [5.74, 6) is 0.351. The first-order valence-electron chi connectivity index (χ1n) is 5.07. The molecule has 0 aliphatic heterocycles. The minimum atomic E-state index is 0.351. The summed E-state index contributed by atoms with van der Waals surface area (Å²) in [5.41, 5.74) is 5.37. The number of carbonyl (C=O) groups is 1. The van der Waals surface area contributed by atoms with Gasteiger partial charge < -0.3 is 5.73 Å². The molecular formula is C11H17NOS. The highest BCUT2D eigenvalue weighted by molar-refractivity contribution is 7.10. The number of Topliss-reactive ketones (excluding diaryl/α,β-unsaturated/α-hetero) is 1. The van der Waals surface area contributed by atoms with Gasteiger partial charge in [-0.05, 0) is 30.8 Å². The topological polar surface area (TPSA) is 43.1 Å². The third-order valence-corrected chi connectivity index (χ3v) is 2.99. The number of unbranched alkanes of at least 4 members (excludes halogenated alkanes) is 2. The van der Waals surface area contributed by atoms with E-state index in [-0.39, 0.29) is 0 Å². The minimum Gasteiger partial charge on any atom is -0.330 e. The third kappa shape index (κ3) is 4.53. The number of ketones is 1. The summed E-state index contributed by atoms with van der Waals surface area (Å²) in [4.78, 5) is 12.6. The van der Waals surface area contributed by atoms with Crippen molar-refractivity contribution in [2.24, 2.45) is 5.73 Å². The van der Waals surface area contributed by atoms with E-state index in [9.17, 15) is 4.79 Å². The van der Waals surface area contributed by atoms with Crippen LogP contribution in [0.5, 0.6) is 0 Å². The first kappa shape index (κ1) is 11.4. The van der Waals surface area contributed by atoms with Gasteiger partial charge in [0, 0.05) is 17.7 Å². The van der Waals surface area contributed by atoms with Crippen LogP contribution in [0.2, 0.25) is 0 Å². The van der Waals surface area contributed by atoms with Crippen LogP contribution in [-0.2, 0) is 11.2 Å². The summed E-state index contributed by atoms with van der Waals surface area (Å²) in [5, 5.41) is 2.01. The Morgan fingerprint density at radius 2 is 2.21 bits per heavy atom. The molecule has 0 unspecified atom stereocenters. The first-order chi connectivity index (χ1) is 6.83. The molecular weight excluding hydrogens is 194 g/mol. The van der Waals surface area contributed by atoms with Gasteiger partial charge in [-0.3, -0.25) is 4.79 Å². The smallest absolute Gasteiger partial charge is 0.138 e. The first-order valence-corrected chi connectivity index (χ1v) is 5.95. The Balaban J connectivity index is 2.11. The van der Waals surface area contributed by atoms with Gasteiger partial charge in [0.25, 0.3) is 0 Å². The molecule has 1 aromatic rings. The van der Waals surface area contributed by atoms with E-state index >= 15 is 0 Å². The molecule has 0 aromatic carbocycles. The van der Waals surface area contributed by atoms with Gasteiger partial charge in [0.1, 0.15) is 5.78 Å². The van der Waals surface area contributed by atoms with Crippen molar-refractivity contribution in [3.05, 3.63) is 22.4 Å². The van der Waals surface area contributed by atoms with Crippen LogP contribution >= 0.6 is 11.3 Å². The lowest BCUT2D eigenvalue weighted by atomic mass is 10.1. The van der Waals surface area contributed by atoms with Crippen LogP contribution in [0.25, 0.3) is 0 Å². The second kappa shape index (κ2) is 6.74. The zero-order valence-corrected chi connectivity index (χ0v) is 9.19. The maximum Gasteiger partial charge on any atom is 0.138 e. The fourth-order valence-electron chi connectivity index (χ4n) is 1.34. The molecule has 0 amide bonds. The SMILES string of the molecule is NCCCCCC(=O)Cc1cccs1. The standard InChI is InChI=1S/C11H17NOS/c12-7-3-1-2-5-10(13)9-11-6-4-8-14-11/h4,6,8H,1-3,5,7,9,12H2. The predicted molar refractivity (Wildman–Crippen MR) is 60.6 cm³/mol. The molecule has 1 heterocycles. The van der Waals surface area contributed by atoms with E-state index in [0.717, 1.165) is 25.8 Å². The molecule has 78 valence electrons. The highest BCUT2D eigenvalue weighted by Gasteiger charge is 2.03. The maximum atomic E-state index is 11.4. The Kier molecular flexibility index (Phi) is 5.49. The summed E-state index contributed by atoms with van der Waals surface area (Å²) in [7, 11) is 0. The molecule has 2 N–H and O–H groups in total. The molecule has 14 heavy (non-hydrogen) atoms. The molecule has 0 atom stereocenters. The van der Waals surface area contributed by atoms with Crippen molar-refractivity contribution in [1.29, 1.82) is 0 Å². The predicted octanol–water partition coefficient (Wildman–Crippen LogP) is 2.38. The molecule has 0 saturated heterocycles. The van der Waals surface area contributed by atoms with Crippen molar-refractivity contribution in [2.75, 3.05) is 6.54 Å². The highest BCUT2D eigenvalue weighted by Crippen LogP contribution is 2.11. The van der Waals surface area contributed by atoms with Gasteiger partial charge >= 0.3 is 0 Å².